The van der Waals surface area contributed by atoms with Crippen LogP contribution >= 0.6 is 11.3 Å². The number of ether oxygens (including phenoxy) is 1. The van der Waals surface area contributed by atoms with E-state index in [1.54, 1.807) is 18.4 Å². The van der Waals surface area contributed by atoms with Gasteiger partial charge in [0.25, 0.3) is 0 Å². The Labute approximate surface area is 139 Å². The molecule has 1 fully saturated rings. The maximum atomic E-state index is 5.24. The van der Waals surface area contributed by atoms with Gasteiger partial charge < -0.3 is 14.2 Å². The van der Waals surface area contributed by atoms with Crippen LogP contribution in [0.2, 0.25) is 0 Å². The van der Waals surface area contributed by atoms with Gasteiger partial charge in [0.1, 0.15) is 11.6 Å². The molecule has 0 saturated carbocycles. The van der Waals surface area contributed by atoms with E-state index < -0.39 is 0 Å². The van der Waals surface area contributed by atoms with Crippen molar-refractivity contribution in [3.05, 3.63) is 16.7 Å². The molecular weight excluding hydrogens is 316 g/mol. The van der Waals surface area contributed by atoms with Crippen LogP contribution in [0.15, 0.2) is 4.52 Å². The number of piperazine rings is 1. The minimum atomic E-state index is 0.381. The smallest absolute Gasteiger partial charge is 0.240 e. The van der Waals surface area contributed by atoms with Crippen LogP contribution in [0.25, 0.3) is 0 Å². The number of methoxy groups -OCH3 is 1. The van der Waals surface area contributed by atoms with Crippen LogP contribution in [-0.4, -0.2) is 58.5 Å². The van der Waals surface area contributed by atoms with Crippen LogP contribution in [0.1, 0.15) is 36.5 Å². The van der Waals surface area contributed by atoms with Crippen molar-refractivity contribution in [2.24, 2.45) is 0 Å². The molecule has 0 bridgehead atoms. The molecule has 1 saturated heterocycles. The SMILES string of the molecule is COCc1noc(CN2CCN(c3nnc(C(C)C)s3)CC2)n1. The lowest BCUT2D eigenvalue weighted by molar-refractivity contribution is 0.174. The Morgan fingerprint density at radius 1 is 1.22 bits per heavy atom. The standard InChI is InChI=1S/C14H22N6O2S/c1-10(2)13-16-17-14(23-13)20-6-4-19(5-7-20)8-12-15-11(9-21-3)18-22-12/h10H,4-9H2,1-3H3. The van der Waals surface area contributed by atoms with Crippen molar-refractivity contribution in [1.29, 1.82) is 0 Å². The first-order chi connectivity index (χ1) is 11.2. The fourth-order valence-corrected chi connectivity index (χ4v) is 3.32. The van der Waals surface area contributed by atoms with Gasteiger partial charge in [-0.15, -0.1) is 10.2 Å². The van der Waals surface area contributed by atoms with Gasteiger partial charge in [-0.2, -0.15) is 4.98 Å². The predicted molar refractivity (Wildman–Crippen MR) is 86.5 cm³/mol. The van der Waals surface area contributed by atoms with E-state index in [0.29, 0.717) is 30.8 Å². The molecule has 0 amide bonds. The largest absolute Gasteiger partial charge is 0.377 e. The van der Waals surface area contributed by atoms with Crippen LogP contribution in [0.3, 0.4) is 0 Å². The highest BCUT2D eigenvalue weighted by Crippen LogP contribution is 2.26. The summed E-state index contributed by atoms with van der Waals surface area (Å²) < 4.78 is 10.2. The quantitative estimate of drug-likeness (QED) is 0.784. The van der Waals surface area contributed by atoms with E-state index >= 15 is 0 Å². The molecular formula is C14H22N6O2S. The third kappa shape index (κ3) is 4.04. The zero-order valence-corrected chi connectivity index (χ0v) is 14.5. The van der Waals surface area contributed by atoms with Gasteiger partial charge in [-0.05, 0) is 0 Å². The van der Waals surface area contributed by atoms with Gasteiger partial charge in [0.05, 0.1) is 6.54 Å². The van der Waals surface area contributed by atoms with Crippen molar-refractivity contribution >= 4 is 16.5 Å². The molecule has 0 aliphatic carbocycles. The summed E-state index contributed by atoms with van der Waals surface area (Å²) in [5, 5.41) is 14.6. The summed E-state index contributed by atoms with van der Waals surface area (Å²) in [6.45, 7) is 9.11. The number of hydrogen-bond acceptors (Lipinski definition) is 9. The van der Waals surface area contributed by atoms with Crippen LogP contribution in [0.4, 0.5) is 5.13 Å². The molecule has 0 unspecified atom stereocenters. The number of rotatable bonds is 6. The first-order valence-electron chi connectivity index (χ1n) is 7.77. The second kappa shape index (κ2) is 7.33. The zero-order valence-electron chi connectivity index (χ0n) is 13.7. The second-order valence-corrected chi connectivity index (χ2v) is 6.87. The first kappa shape index (κ1) is 16.3. The molecule has 0 radical (unpaired) electrons. The second-order valence-electron chi connectivity index (χ2n) is 5.88. The third-order valence-corrected chi connectivity index (χ3v) is 4.99. The molecule has 2 aromatic heterocycles. The fourth-order valence-electron chi connectivity index (χ4n) is 2.42. The highest BCUT2D eigenvalue weighted by molar-refractivity contribution is 7.15. The van der Waals surface area contributed by atoms with E-state index in [0.717, 1.165) is 36.3 Å². The Hall–Kier alpha value is -1.58. The highest BCUT2D eigenvalue weighted by atomic mass is 32.1. The first-order valence-corrected chi connectivity index (χ1v) is 8.58. The van der Waals surface area contributed by atoms with E-state index in [1.165, 1.54) is 0 Å². The number of hydrogen-bond donors (Lipinski definition) is 0. The normalized spacial score (nSPS) is 16.4. The lowest BCUT2D eigenvalue weighted by atomic mass is 10.2. The predicted octanol–water partition coefficient (Wildman–Crippen LogP) is 1.51. The summed E-state index contributed by atoms with van der Waals surface area (Å²) in [4.78, 5) is 8.92. The summed E-state index contributed by atoms with van der Waals surface area (Å²) in [6, 6.07) is 0. The van der Waals surface area contributed by atoms with Gasteiger partial charge in [0, 0.05) is 39.2 Å². The Balaban J connectivity index is 1.51. The molecule has 0 aromatic carbocycles. The van der Waals surface area contributed by atoms with Gasteiger partial charge in [-0.25, -0.2) is 0 Å². The molecule has 23 heavy (non-hydrogen) atoms. The minimum absolute atomic E-state index is 0.381. The van der Waals surface area contributed by atoms with Crippen LogP contribution in [0, 0.1) is 0 Å². The molecule has 8 nitrogen and oxygen atoms in total. The molecule has 2 aromatic rings. The topological polar surface area (TPSA) is 80.4 Å². The molecule has 0 spiro atoms. The van der Waals surface area contributed by atoms with Gasteiger partial charge in [-0.3, -0.25) is 4.90 Å². The van der Waals surface area contributed by atoms with E-state index in [4.69, 9.17) is 9.26 Å². The fraction of sp³-hybridized carbons (Fsp3) is 0.714. The van der Waals surface area contributed by atoms with Crippen molar-refractivity contribution in [3.8, 4) is 0 Å². The molecule has 0 N–H and O–H groups in total. The monoisotopic (exact) mass is 338 g/mol. The summed E-state index contributed by atoms with van der Waals surface area (Å²) in [5.41, 5.74) is 0. The van der Waals surface area contributed by atoms with Gasteiger partial charge >= 0.3 is 0 Å². The van der Waals surface area contributed by atoms with Crippen molar-refractivity contribution in [1.82, 2.24) is 25.2 Å². The average Bonchev–Trinajstić information content (AvgIpc) is 3.18. The maximum Gasteiger partial charge on any atom is 0.240 e. The van der Waals surface area contributed by atoms with E-state index in [9.17, 15) is 0 Å². The average molecular weight is 338 g/mol. The Bertz CT molecular complexity index is 620. The third-order valence-electron chi connectivity index (χ3n) is 3.71. The summed E-state index contributed by atoms with van der Waals surface area (Å²) in [6.07, 6.45) is 0. The van der Waals surface area contributed by atoms with E-state index in [1.807, 2.05) is 0 Å². The molecule has 3 heterocycles. The number of aromatic nitrogens is 4. The lowest BCUT2D eigenvalue weighted by Gasteiger charge is -2.33. The van der Waals surface area contributed by atoms with Crippen molar-refractivity contribution < 1.29 is 9.26 Å². The number of anilines is 1. The van der Waals surface area contributed by atoms with Crippen molar-refractivity contribution in [2.75, 3.05) is 38.2 Å². The van der Waals surface area contributed by atoms with Gasteiger partial charge in [0.15, 0.2) is 5.82 Å². The van der Waals surface area contributed by atoms with Gasteiger partial charge in [0.2, 0.25) is 11.0 Å². The van der Waals surface area contributed by atoms with Crippen molar-refractivity contribution in [2.45, 2.75) is 32.9 Å². The summed E-state index contributed by atoms with van der Waals surface area (Å²) in [5.74, 6) is 1.67. The molecule has 1 aliphatic heterocycles. The molecule has 1 aliphatic rings. The maximum absolute atomic E-state index is 5.24. The van der Waals surface area contributed by atoms with Crippen LogP contribution < -0.4 is 4.90 Å². The Morgan fingerprint density at radius 3 is 2.65 bits per heavy atom. The van der Waals surface area contributed by atoms with Crippen molar-refractivity contribution in [3.63, 3.8) is 0 Å². The Kier molecular flexibility index (Phi) is 5.19. The molecule has 9 heteroatoms. The van der Waals surface area contributed by atoms with E-state index in [-0.39, 0.29) is 0 Å². The molecule has 126 valence electrons. The molecule has 0 atom stereocenters. The van der Waals surface area contributed by atoms with Crippen LogP contribution in [0.5, 0.6) is 0 Å². The zero-order chi connectivity index (χ0) is 16.2. The number of nitrogens with zero attached hydrogens (tertiary/aromatic N) is 6. The highest BCUT2D eigenvalue weighted by Gasteiger charge is 2.22. The summed E-state index contributed by atoms with van der Waals surface area (Å²) >= 11 is 1.69. The van der Waals surface area contributed by atoms with E-state index in [2.05, 4.69) is 44.0 Å². The van der Waals surface area contributed by atoms with Crippen LogP contribution in [-0.2, 0) is 17.9 Å². The Morgan fingerprint density at radius 2 is 2.00 bits per heavy atom. The lowest BCUT2D eigenvalue weighted by Crippen LogP contribution is -2.46. The van der Waals surface area contributed by atoms with Gasteiger partial charge in [-0.1, -0.05) is 30.3 Å². The molecule has 3 rings (SSSR count). The minimum Gasteiger partial charge on any atom is -0.377 e. The summed E-state index contributed by atoms with van der Waals surface area (Å²) in [7, 11) is 1.62.